The van der Waals surface area contributed by atoms with Crippen LogP contribution in [0.4, 0.5) is 23.4 Å². The Hall–Kier alpha value is -4.45. The zero-order valence-corrected chi connectivity index (χ0v) is 20.3. The summed E-state index contributed by atoms with van der Waals surface area (Å²) in [6, 6.07) is 13.8. The van der Waals surface area contributed by atoms with Crippen LogP contribution in [0.2, 0.25) is 5.02 Å². The molecule has 194 valence electrons. The van der Waals surface area contributed by atoms with Crippen molar-refractivity contribution in [3.05, 3.63) is 94.7 Å². The number of fused-ring (bicyclic) bond motifs is 1. The topological polar surface area (TPSA) is 86.3 Å². The highest BCUT2D eigenvalue weighted by atomic mass is 35.5. The first-order valence-electron chi connectivity index (χ1n) is 11.0. The van der Waals surface area contributed by atoms with E-state index in [-0.39, 0.29) is 34.4 Å². The SMILES string of the molecule is COc1ccc(-c2cc(C(F)(F)F)n3nc(C(=O)Nc4ccn(Cc5ccc(F)cc5Cl)n4)cc3n2)cc1. The second-order valence-corrected chi connectivity index (χ2v) is 8.55. The van der Waals surface area contributed by atoms with Gasteiger partial charge < -0.3 is 10.1 Å². The maximum absolute atomic E-state index is 13.9. The summed E-state index contributed by atoms with van der Waals surface area (Å²) in [7, 11) is 1.48. The van der Waals surface area contributed by atoms with E-state index in [0.717, 1.165) is 12.1 Å². The number of rotatable bonds is 6. The smallest absolute Gasteiger partial charge is 0.433 e. The van der Waals surface area contributed by atoms with Crippen molar-refractivity contribution in [3.63, 3.8) is 0 Å². The predicted octanol–water partition coefficient (Wildman–Crippen LogP) is 5.71. The normalized spacial score (nSPS) is 11.6. The lowest BCUT2D eigenvalue weighted by Gasteiger charge is -2.11. The average molecular weight is 545 g/mol. The fourth-order valence-electron chi connectivity index (χ4n) is 3.72. The van der Waals surface area contributed by atoms with Crippen LogP contribution in [-0.4, -0.2) is 37.4 Å². The Morgan fingerprint density at radius 2 is 1.82 bits per heavy atom. The minimum Gasteiger partial charge on any atom is -0.497 e. The van der Waals surface area contributed by atoms with E-state index in [0.29, 0.717) is 21.4 Å². The molecule has 1 N–H and O–H groups in total. The molecule has 1 amide bonds. The Morgan fingerprint density at radius 1 is 1.05 bits per heavy atom. The molecule has 0 atom stereocenters. The number of carbonyl (C=O) groups excluding carboxylic acids is 1. The second kappa shape index (κ2) is 9.78. The molecule has 0 saturated heterocycles. The molecule has 0 saturated carbocycles. The van der Waals surface area contributed by atoms with Crippen LogP contribution < -0.4 is 10.1 Å². The summed E-state index contributed by atoms with van der Waals surface area (Å²) in [5, 5.41) is 10.8. The molecule has 0 aliphatic rings. The zero-order valence-electron chi connectivity index (χ0n) is 19.5. The highest BCUT2D eigenvalue weighted by Crippen LogP contribution is 2.33. The van der Waals surface area contributed by atoms with Crippen molar-refractivity contribution in [2.24, 2.45) is 0 Å². The molecule has 5 rings (SSSR count). The Labute approximate surface area is 217 Å². The lowest BCUT2D eigenvalue weighted by molar-refractivity contribution is -0.142. The first-order chi connectivity index (χ1) is 18.1. The molecule has 5 aromatic rings. The number of anilines is 1. The highest BCUT2D eigenvalue weighted by Gasteiger charge is 2.35. The molecule has 0 aliphatic carbocycles. The molecule has 2 aromatic carbocycles. The van der Waals surface area contributed by atoms with Gasteiger partial charge >= 0.3 is 6.18 Å². The quantitative estimate of drug-likeness (QED) is 0.277. The Bertz CT molecular complexity index is 1650. The third-order valence-corrected chi connectivity index (χ3v) is 5.92. The van der Waals surface area contributed by atoms with Crippen molar-refractivity contribution in [1.29, 1.82) is 0 Å². The predicted molar refractivity (Wildman–Crippen MR) is 131 cm³/mol. The molecule has 0 fully saturated rings. The maximum atomic E-state index is 13.9. The van der Waals surface area contributed by atoms with E-state index in [4.69, 9.17) is 16.3 Å². The van der Waals surface area contributed by atoms with Crippen molar-refractivity contribution in [3.8, 4) is 17.0 Å². The number of hydrogen-bond acceptors (Lipinski definition) is 5. The lowest BCUT2D eigenvalue weighted by atomic mass is 10.1. The first-order valence-corrected chi connectivity index (χ1v) is 11.4. The molecule has 0 unspecified atom stereocenters. The van der Waals surface area contributed by atoms with Gasteiger partial charge in [0.1, 0.15) is 11.6 Å². The van der Waals surface area contributed by atoms with E-state index < -0.39 is 23.6 Å². The van der Waals surface area contributed by atoms with Gasteiger partial charge in [-0.3, -0.25) is 9.48 Å². The molecule has 8 nitrogen and oxygen atoms in total. The molecule has 0 bridgehead atoms. The van der Waals surface area contributed by atoms with Crippen LogP contribution in [0, 0.1) is 5.82 Å². The van der Waals surface area contributed by atoms with Crippen molar-refractivity contribution in [2.75, 3.05) is 12.4 Å². The minimum absolute atomic E-state index is 0.0533. The summed E-state index contributed by atoms with van der Waals surface area (Å²) >= 11 is 6.04. The fraction of sp³-hybridized carbons (Fsp3) is 0.120. The third kappa shape index (κ3) is 5.16. The Morgan fingerprint density at radius 3 is 2.50 bits per heavy atom. The molecular weight excluding hydrogens is 528 g/mol. The van der Waals surface area contributed by atoms with Gasteiger partial charge in [0, 0.05) is 28.9 Å². The number of ether oxygens (including phenoxy) is 1. The number of amides is 1. The van der Waals surface area contributed by atoms with Gasteiger partial charge in [-0.1, -0.05) is 17.7 Å². The number of alkyl halides is 3. The number of methoxy groups -OCH3 is 1. The van der Waals surface area contributed by atoms with Gasteiger partial charge in [0.15, 0.2) is 22.9 Å². The van der Waals surface area contributed by atoms with Crippen molar-refractivity contribution in [2.45, 2.75) is 12.7 Å². The summed E-state index contributed by atoms with van der Waals surface area (Å²) < 4.78 is 62.0. The van der Waals surface area contributed by atoms with Crippen LogP contribution >= 0.6 is 11.6 Å². The molecule has 0 spiro atoms. The van der Waals surface area contributed by atoms with E-state index >= 15 is 0 Å². The Balaban J connectivity index is 1.41. The van der Waals surface area contributed by atoms with Crippen LogP contribution in [0.3, 0.4) is 0 Å². The highest BCUT2D eigenvalue weighted by molar-refractivity contribution is 6.31. The fourth-order valence-corrected chi connectivity index (χ4v) is 3.95. The van der Waals surface area contributed by atoms with E-state index in [1.807, 2.05) is 0 Å². The summed E-state index contributed by atoms with van der Waals surface area (Å²) in [5.74, 6) is -0.579. The van der Waals surface area contributed by atoms with Gasteiger partial charge in [-0.2, -0.15) is 23.4 Å². The number of carbonyl (C=O) groups is 1. The first kappa shape index (κ1) is 25.2. The van der Waals surface area contributed by atoms with E-state index in [1.165, 1.54) is 36.1 Å². The minimum atomic E-state index is -4.76. The van der Waals surface area contributed by atoms with Crippen LogP contribution in [0.1, 0.15) is 21.7 Å². The van der Waals surface area contributed by atoms with E-state index in [2.05, 4.69) is 20.5 Å². The summed E-state index contributed by atoms with van der Waals surface area (Å²) in [6.07, 6.45) is -3.20. The number of aromatic nitrogens is 5. The van der Waals surface area contributed by atoms with Gasteiger partial charge in [0.2, 0.25) is 0 Å². The number of hydrogen-bond donors (Lipinski definition) is 1. The summed E-state index contributed by atoms with van der Waals surface area (Å²) in [6.45, 7) is 0.205. The third-order valence-electron chi connectivity index (χ3n) is 5.57. The number of benzene rings is 2. The van der Waals surface area contributed by atoms with Gasteiger partial charge in [0.25, 0.3) is 5.91 Å². The van der Waals surface area contributed by atoms with E-state index in [9.17, 15) is 22.4 Å². The average Bonchev–Trinajstić information content (AvgIpc) is 3.51. The molecule has 38 heavy (non-hydrogen) atoms. The van der Waals surface area contributed by atoms with Crippen molar-refractivity contribution in [1.82, 2.24) is 24.4 Å². The molecule has 3 heterocycles. The molecule has 0 aliphatic heterocycles. The number of nitrogens with one attached hydrogen (secondary N) is 1. The number of halogens is 5. The van der Waals surface area contributed by atoms with Crippen molar-refractivity contribution >= 4 is 29.0 Å². The lowest BCUT2D eigenvalue weighted by Crippen LogP contribution is -2.16. The monoisotopic (exact) mass is 544 g/mol. The van der Waals surface area contributed by atoms with Crippen LogP contribution in [0.15, 0.2) is 66.9 Å². The summed E-state index contributed by atoms with van der Waals surface area (Å²) in [4.78, 5) is 17.1. The summed E-state index contributed by atoms with van der Waals surface area (Å²) in [5.41, 5.74) is -0.450. The van der Waals surface area contributed by atoms with Crippen LogP contribution in [-0.2, 0) is 12.7 Å². The van der Waals surface area contributed by atoms with Gasteiger partial charge in [-0.15, -0.1) is 0 Å². The molecule has 3 aromatic heterocycles. The number of nitrogens with zero attached hydrogens (tertiary/aromatic N) is 5. The largest absolute Gasteiger partial charge is 0.497 e. The van der Waals surface area contributed by atoms with Gasteiger partial charge in [-0.05, 0) is 48.0 Å². The second-order valence-electron chi connectivity index (χ2n) is 8.14. The maximum Gasteiger partial charge on any atom is 0.433 e. The molecular formula is C25H17ClF4N6O2. The molecule has 13 heteroatoms. The Kier molecular flexibility index (Phi) is 6.49. The molecule has 0 radical (unpaired) electrons. The van der Waals surface area contributed by atoms with Gasteiger partial charge in [0.05, 0.1) is 19.3 Å². The standard InChI is InChI=1S/C25H17ClF4N6O2/c1-38-17-6-3-14(4-7-17)19-11-21(25(28,29)30)36-23(31-19)12-20(33-36)24(37)32-22-8-9-35(34-22)13-15-2-5-16(27)10-18(15)26/h2-12H,13H2,1H3,(H,32,34,37). The van der Waals surface area contributed by atoms with E-state index in [1.54, 1.807) is 30.5 Å². The van der Waals surface area contributed by atoms with Crippen molar-refractivity contribution < 1.29 is 27.1 Å². The van der Waals surface area contributed by atoms with Crippen LogP contribution in [0.5, 0.6) is 5.75 Å². The zero-order chi connectivity index (χ0) is 27.0. The van der Waals surface area contributed by atoms with Crippen LogP contribution in [0.25, 0.3) is 16.9 Å². The van der Waals surface area contributed by atoms with Gasteiger partial charge in [-0.25, -0.2) is 13.9 Å².